The maximum Gasteiger partial charge on any atom is 0.416 e. The van der Waals surface area contributed by atoms with Crippen LogP contribution in [0.25, 0.3) is 11.0 Å². The van der Waals surface area contributed by atoms with Gasteiger partial charge in [0.2, 0.25) is 0 Å². The van der Waals surface area contributed by atoms with Crippen LogP contribution in [0.4, 0.5) is 26.3 Å². The van der Waals surface area contributed by atoms with E-state index >= 15 is 0 Å². The molecule has 1 aliphatic heterocycles. The Bertz CT molecular complexity index is 1170. The molecule has 0 radical (unpaired) electrons. The van der Waals surface area contributed by atoms with E-state index in [4.69, 9.17) is 0 Å². The zero-order valence-corrected chi connectivity index (χ0v) is 19.2. The van der Waals surface area contributed by atoms with E-state index in [0.717, 1.165) is 29.9 Å². The van der Waals surface area contributed by atoms with Crippen molar-refractivity contribution in [1.29, 1.82) is 0 Å². The molecule has 35 heavy (non-hydrogen) atoms. The second-order valence-electron chi connectivity index (χ2n) is 9.70. The molecule has 0 spiro atoms. The lowest BCUT2D eigenvalue weighted by atomic mass is 10.0. The molecule has 2 fully saturated rings. The van der Waals surface area contributed by atoms with Crippen LogP contribution in [0, 0.1) is 17.8 Å². The number of piperidine rings is 1. The molecule has 11 heteroatoms. The van der Waals surface area contributed by atoms with Gasteiger partial charge in [-0.2, -0.15) is 26.3 Å². The van der Waals surface area contributed by atoms with E-state index in [9.17, 15) is 26.3 Å². The van der Waals surface area contributed by atoms with Crippen molar-refractivity contribution in [2.45, 2.75) is 31.9 Å². The number of hydrogen-bond acceptors (Lipinski definition) is 4. The molecule has 5 nitrogen and oxygen atoms in total. The summed E-state index contributed by atoms with van der Waals surface area (Å²) in [7, 11) is 1.66. The maximum atomic E-state index is 13.4. The number of imidazole rings is 1. The zero-order valence-electron chi connectivity index (χ0n) is 19.2. The molecule has 0 bridgehead atoms. The highest BCUT2D eigenvalue weighted by Gasteiger charge is 2.56. The third-order valence-corrected chi connectivity index (χ3v) is 7.35. The van der Waals surface area contributed by atoms with Crippen molar-refractivity contribution < 1.29 is 26.3 Å². The molecule has 4 atom stereocenters. The molecule has 1 saturated heterocycles. The minimum Gasteiger partial charge on any atom is -0.339 e. The average Bonchev–Trinajstić information content (AvgIpc) is 3.14. The second kappa shape index (κ2) is 8.48. The van der Waals surface area contributed by atoms with Crippen LogP contribution < -0.4 is 0 Å². The average molecular weight is 497 g/mol. The zero-order chi connectivity index (χ0) is 25.1. The summed E-state index contributed by atoms with van der Waals surface area (Å²) in [5.74, 6) is 2.04. The highest BCUT2D eigenvalue weighted by Crippen LogP contribution is 2.53. The van der Waals surface area contributed by atoms with Gasteiger partial charge < -0.3 is 9.88 Å². The number of hydrogen-bond donors (Lipinski definition) is 1. The van der Waals surface area contributed by atoms with Crippen molar-refractivity contribution in [1.82, 2.24) is 24.8 Å². The first-order chi connectivity index (χ1) is 16.4. The molecule has 0 amide bonds. The molecule has 1 N–H and O–H groups in total. The Morgan fingerprint density at radius 3 is 2.43 bits per heavy atom. The number of aromatic amines is 1. The first kappa shape index (κ1) is 24.1. The van der Waals surface area contributed by atoms with Gasteiger partial charge in [0.05, 0.1) is 34.4 Å². The van der Waals surface area contributed by atoms with E-state index in [-0.39, 0.29) is 18.2 Å². The lowest BCUT2D eigenvalue weighted by Gasteiger charge is -2.27. The van der Waals surface area contributed by atoms with E-state index in [1.807, 2.05) is 6.07 Å². The van der Waals surface area contributed by atoms with Crippen molar-refractivity contribution in [3.63, 3.8) is 0 Å². The number of H-pyrrole nitrogens is 1. The number of halogens is 6. The van der Waals surface area contributed by atoms with E-state index in [1.54, 1.807) is 24.3 Å². The summed E-state index contributed by atoms with van der Waals surface area (Å²) in [4.78, 5) is 16.1. The van der Waals surface area contributed by atoms with Crippen LogP contribution in [0.2, 0.25) is 0 Å². The summed E-state index contributed by atoms with van der Waals surface area (Å²) in [6.07, 6.45) is -5.97. The largest absolute Gasteiger partial charge is 0.416 e. The molecular formula is C24H25F6N5. The summed E-state index contributed by atoms with van der Waals surface area (Å²) >= 11 is 0. The summed E-state index contributed by atoms with van der Waals surface area (Å²) in [6, 6.07) is 3.59. The van der Waals surface area contributed by atoms with Crippen LogP contribution in [0.15, 0.2) is 36.7 Å². The molecule has 1 saturated carbocycles. The fourth-order valence-corrected chi connectivity index (χ4v) is 5.41. The standard InChI is InChI=1S/C24H25F6N5/c1-13(22-32-20-5-6-31-8-21(20)33-22)35-11-17-16(18(17)12-35)10-34(2)9-14-7-15(23(25,26)27)3-4-19(14)24(28,29)30/h3-8,13,16-18H,9-12H2,1-2H3,(H,32,33)/t13?,16?,17-,18+. The minimum absolute atomic E-state index is 0.0908. The molecule has 1 aromatic carbocycles. The SMILES string of the molecule is CC(c1nc2ccncc2[nH]1)N1C[C@@H]2C(CN(C)Cc3cc(C(F)(F)F)ccc3C(F)(F)F)[C@@H]2C1. The second-order valence-corrected chi connectivity index (χ2v) is 9.70. The normalized spacial score (nSPS) is 23.7. The molecule has 3 aromatic rings. The number of pyridine rings is 1. The maximum absolute atomic E-state index is 13.4. The highest BCUT2D eigenvalue weighted by molar-refractivity contribution is 5.73. The summed E-state index contributed by atoms with van der Waals surface area (Å²) in [6.45, 7) is 4.15. The van der Waals surface area contributed by atoms with Gasteiger partial charge >= 0.3 is 12.4 Å². The van der Waals surface area contributed by atoms with E-state index < -0.39 is 23.5 Å². The van der Waals surface area contributed by atoms with Crippen LogP contribution >= 0.6 is 0 Å². The number of benzene rings is 1. The number of nitrogens with one attached hydrogen (secondary N) is 1. The molecule has 188 valence electrons. The van der Waals surface area contributed by atoms with Gasteiger partial charge in [-0.25, -0.2) is 4.98 Å². The van der Waals surface area contributed by atoms with E-state index in [1.165, 1.54) is 0 Å². The topological polar surface area (TPSA) is 48.1 Å². The number of rotatable bonds is 6. The summed E-state index contributed by atoms with van der Waals surface area (Å²) in [5, 5.41) is 0. The van der Waals surface area contributed by atoms with Crippen molar-refractivity contribution in [2.75, 3.05) is 26.7 Å². The molecule has 3 heterocycles. The smallest absolute Gasteiger partial charge is 0.339 e. The number of fused-ring (bicyclic) bond motifs is 2. The Labute approximate surface area is 198 Å². The third-order valence-electron chi connectivity index (χ3n) is 7.35. The van der Waals surface area contributed by atoms with Gasteiger partial charge in [0.25, 0.3) is 0 Å². The Hall–Kier alpha value is -2.66. The molecular weight excluding hydrogens is 472 g/mol. The lowest BCUT2D eigenvalue weighted by molar-refractivity contribution is -0.142. The van der Waals surface area contributed by atoms with Crippen molar-refractivity contribution in [3.8, 4) is 0 Å². The first-order valence-electron chi connectivity index (χ1n) is 11.4. The fourth-order valence-electron chi connectivity index (χ4n) is 5.41. The van der Waals surface area contributed by atoms with Crippen LogP contribution in [0.1, 0.15) is 35.5 Å². The quantitative estimate of drug-likeness (QED) is 0.466. The van der Waals surface area contributed by atoms with Crippen LogP contribution in [0.5, 0.6) is 0 Å². The number of nitrogens with zero attached hydrogens (tertiary/aromatic N) is 4. The number of likely N-dealkylation sites (tertiary alicyclic amines) is 1. The molecule has 2 aromatic heterocycles. The Morgan fingerprint density at radius 2 is 1.80 bits per heavy atom. The Kier molecular flexibility index (Phi) is 5.83. The third kappa shape index (κ3) is 4.75. The molecule has 2 aliphatic rings. The summed E-state index contributed by atoms with van der Waals surface area (Å²) < 4.78 is 79.5. The van der Waals surface area contributed by atoms with Crippen LogP contribution in [-0.2, 0) is 18.9 Å². The predicted octanol–water partition coefficient (Wildman–Crippen LogP) is 5.37. The van der Waals surface area contributed by atoms with E-state index in [2.05, 4.69) is 26.8 Å². The van der Waals surface area contributed by atoms with Crippen LogP contribution in [-0.4, -0.2) is 51.4 Å². The fraction of sp³-hybridized carbons (Fsp3) is 0.500. The lowest BCUT2D eigenvalue weighted by Crippen LogP contribution is -2.31. The monoisotopic (exact) mass is 497 g/mol. The van der Waals surface area contributed by atoms with Gasteiger partial charge in [0.1, 0.15) is 5.82 Å². The minimum atomic E-state index is -4.71. The van der Waals surface area contributed by atoms with Crippen molar-refractivity contribution in [2.24, 2.45) is 17.8 Å². The van der Waals surface area contributed by atoms with Gasteiger partial charge in [-0.3, -0.25) is 9.88 Å². The predicted molar refractivity (Wildman–Crippen MR) is 117 cm³/mol. The molecule has 1 aliphatic carbocycles. The van der Waals surface area contributed by atoms with Crippen LogP contribution in [0.3, 0.4) is 0 Å². The van der Waals surface area contributed by atoms with E-state index in [0.29, 0.717) is 42.5 Å². The van der Waals surface area contributed by atoms with Gasteiger partial charge in [-0.1, -0.05) is 0 Å². The van der Waals surface area contributed by atoms with Gasteiger partial charge in [-0.05, 0) is 61.6 Å². The van der Waals surface area contributed by atoms with Gasteiger partial charge in [0, 0.05) is 32.4 Å². The molecule has 2 unspecified atom stereocenters. The van der Waals surface area contributed by atoms with Gasteiger partial charge in [-0.15, -0.1) is 0 Å². The van der Waals surface area contributed by atoms with Gasteiger partial charge in [0.15, 0.2) is 0 Å². The summed E-state index contributed by atoms with van der Waals surface area (Å²) in [5.41, 5.74) is -0.697. The number of alkyl halides is 6. The van der Waals surface area contributed by atoms with Crippen molar-refractivity contribution in [3.05, 3.63) is 59.2 Å². The first-order valence-corrected chi connectivity index (χ1v) is 11.4. The molecule has 5 rings (SSSR count). The highest BCUT2D eigenvalue weighted by atomic mass is 19.4. The Morgan fingerprint density at radius 1 is 1.09 bits per heavy atom. The van der Waals surface area contributed by atoms with Crippen molar-refractivity contribution >= 4 is 11.0 Å². The number of aromatic nitrogens is 3. The Balaban J connectivity index is 1.20.